The highest BCUT2D eigenvalue weighted by Crippen LogP contribution is 2.39. The van der Waals surface area contributed by atoms with Crippen molar-refractivity contribution in [3.8, 4) is 5.75 Å². The van der Waals surface area contributed by atoms with Gasteiger partial charge in [0.15, 0.2) is 17.1 Å². The lowest BCUT2D eigenvalue weighted by Crippen LogP contribution is -2.44. The molecule has 0 radical (unpaired) electrons. The van der Waals surface area contributed by atoms with Gasteiger partial charge in [-0.1, -0.05) is 28.1 Å². The smallest absolute Gasteiger partial charge is 0.307 e. The first kappa shape index (κ1) is 22.1. The van der Waals surface area contributed by atoms with E-state index in [0.29, 0.717) is 11.3 Å². The fourth-order valence-electron chi connectivity index (χ4n) is 4.33. The van der Waals surface area contributed by atoms with E-state index in [-0.39, 0.29) is 11.3 Å². The van der Waals surface area contributed by atoms with Gasteiger partial charge in [0.25, 0.3) is 0 Å². The molecule has 1 aromatic heterocycles. The number of ether oxygens (including phenoxy) is 1. The fraction of sp³-hybridized carbons (Fsp3) is 0.280. The van der Waals surface area contributed by atoms with Crippen molar-refractivity contribution in [2.75, 3.05) is 18.6 Å². The van der Waals surface area contributed by atoms with Gasteiger partial charge in [-0.05, 0) is 69.2 Å². The van der Waals surface area contributed by atoms with Crippen molar-refractivity contribution in [3.05, 3.63) is 63.8 Å². The van der Waals surface area contributed by atoms with Gasteiger partial charge in [0.1, 0.15) is 0 Å². The highest BCUT2D eigenvalue weighted by atomic mass is 79.9. The first-order valence-corrected chi connectivity index (χ1v) is 11.2. The highest BCUT2D eigenvalue weighted by Gasteiger charge is 2.30. The Labute approximate surface area is 196 Å². The van der Waals surface area contributed by atoms with E-state index in [1.807, 2.05) is 12.1 Å². The average molecular weight is 496 g/mol. The Morgan fingerprint density at radius 2 is 2.06 bits per heavy atom. The molecule has 0 atom stereocenters. The predicted octanol–water partition coefficient (Wildman–Crippen LogP) is 5.99. The van der Waals surface area contributed by atoms with E-state index in [4.69, 9.17) is 9.15 Å². The van der Waals surface area contributed by atoms with Gasteiger partial charge in [0.2, 0.25) is 0 Å². The number of benzene rings is 2. The Bertz CT molecular complexity index is 1260. The number of carbonyl (C=O) groups excluding carboxylic acids is 1. The number of carbonyl (C=O) groups is 1. The molecule has 0 saturated heterocycles. The number of likely N-dealkylation sites (N-methyl/N-ethyl adjacent to an activating group) is 1. The fourth-order valence-corrected chi connectivity index (χ4v) is 4.78. The van der Waals surface area contributed by atoms with Crippen LogP contribution in [0, 0.1) is 0 Å². The molecule has 32 heavy (non-hydrogen) atoms. The van der Waals surface area contributed by atoms with Crippen LogP contribution in [0.2, 0.25) is 0 Å². The van der Waals surface area contributed by atoms with Gasteiger partial charge in [-0.3, -0.25) is 4.79 Å². The quantitative estimate of drug-likeness (QED) is 0.348. The zero-order chi connectivity index (χ0) is 23.0. The summed E-state index contributed by atoms with van der Waals surface area (Å²) >= 11 is 3.43. The zero-order valence-electron chi connectivity index (χ0n) is 18.8. The number of halogens is 1. The number of nitrogens with zero attached hydrogens (tertiary/aromatic N) is 2. The molecule has 1 aliphatic rings. The number of hydrazone groups is 1. The van der Waals surface area contributed by atoms with Crippen LogP contribution < -0.4 is 15.1 Å². The second-order valence-electron chi connectivity index (χ2n) is 8.34. The Balaban J connectivity index is 1.53. The minimum absolute atomic E-state index is 0.0275. The van der Waals surface area contributed by atoms with Crippen molar-refractivity contribution < 1.29 is 13.9 Å². The van der Waals surface area contributed by atoms with Crippen LogP contribution in [0.5, 0.6) is 5.75 Å². The number of anilines is 1. The van der Waals surface area contributed by atoms with Gasteiger partial charge >= 0.3 is 5.91 Å². The lowest BCUT2D eigenvalue weighted by atomic mass is 9.88. The first-order chi connectivity index (χ1) is 15.2. The largest absolute Gasteiger partial charge is 0.493 e. The molecule has 4 rings (SSSR count). The van der Waals surface area contributed by atoms with Gasteiger partial charge in [-0.15, -0.1) is 0 Å². The Morgan fingerprint density at radius 3 is 2.78 bits per heavy atom. The number of amides is 1. The van der Waals surface area contributed by atoms with Crippen LogP contribution in [0.15, 0.2) is 56.5 Å². The number of rotatable bonds is 5. The molecule has 0 unspecified atom stereocenters. The molecule has 0 saturated carbocycles. The molecule has 0 spiro atoms. The topological polar surface area (TPSA) is 67.1 Å². The van der Waals surface area contributed by atoms with Crippen LogP contribution in [0.25, 0.3) is 16.5 Å². The van der Waals surface area contributed by atoms with E-state index in [2.05, 4.69) is 77.3 Å². The van der Waals surface area contributed by atoms with E-state index >= 15 is 0 Å². The minimum Gasteiger partial charge on any atom is -0.493 e. The Hall–Kier alpha value is -3.06. The van der Waals surface area contributed by atoms with Gasteiger partial charge < -0.3 is 14.1 Å². The van der Waals surface area contributed by atoms with E-state index in [9.17, 15) is 4.79 Å². The summed E-state index contributed by atoms with van der Waals surface area (Å²) < 4.78 is 11.9. The monoisotopic (exact) mass is 495 g/mol. The number of allylic oxidation sites excluding steroid dienone is 1. The number of furan rings is 1. The van der Waals surface area contributed by atoms with Crippen molar-refractivity contribution in [3.63, 3.8) is 0 Å². The number of hydrogen-bond acceptors (Lipinski definition) is 5. The SMILES string of the molecule is CCN1c2ccc(/C=N/NC(=O)c3cc4cc(Br)cc(OC)c4o3)cc2C(C)=CC1(C)C. The number of fused-ring (bicyclic) bond motifs is 2. The van der Waals surface area contributed by atoms with Crippen molar-refractivity contribution in [1.82, 2.24) is 5.43 Å². The van der Waals surface area contributed by atoms with E-state index in [0.717, 1.165) is 22.0 Å². The summed E-state index contributed by atoms with van der Waals surface area (Å²) in [4.78, 5) is 14.9. The maximum absolute atomic E-state index is 12.5. The summed E-state index contributed by atoms with van der Waals surface area (Å²) in [6.07, 6.45) is 3.93. The van der Waals surface area contributed by atoms with Crippen molar-refractivity contribution >= 4 is 50.3 Å². The molecule has 2 aromatic carbocycles. The molecule has 1 aliphatic heterocycles. The van der Waals surface area contributed by atoms with Gasteiger partial charge in [0.05, 0.1) is 18.9 Å². The van der Waals surface area contributed by atoms with Crippen LogP contribution in [-0.4, -0.2) is 31.3 Å². The van der Waals surface area contributed by atoms with Gasteiger partial charge in [-0.2, -0.15) is 5.10 Å². The first-order valence-electron chi connectivity index (χ1n) is 10.5. The molecule has 0 aliphatic carbocycles. The average Bonchev–Trinajstić information content (AvgIpc) is 3.17. The number of methoxy groups -OCH3 is 1. The summed E-state index contributed by atoms with van der Waals surface area (Å²) in [5.74, 6) is 0.292. The third-order valence-corrected chi connectivity index (χ3v) is 6.15. The molecule has 2 heterocycles. The predicted molar refractivity (Wildman–Crippen MR) is 133 cm³/mol. The summed E-state index contributed by atoms with van der Waals surface area (Å²) in [7, 11) is 1.56. The van der Waals surface area contributed by atoms with Crippen LogP contribution >= 0.6 is 15.9 Å². The normalized spacial score (nSPS) is 15.1. The van der Waals surface area contributed by atoms with E-state index in [1.54, 1.807) is 25.5 Å². The molecular formula is C25H26BrN3O3. The molecule has 0 bridgehead atoms. The van der Waals surface area contributed by atoms with Crippen molar-refractivity contribution in [1.29, 1.82) is 0 Å². The summed E-state index contributed by atoms with van der Waals surface area (Å²) in [6, 6.07) is 11.5. The molecule has 6 nitrogen and oxygen atoms in total. The molecule has 7 heteroatoms. The van der Waals surface area contributed by atoms with Crippen molar-refractivity contribution in [2.24, 2.45) is 5.10 Å². The van der Waals surface area contributed by atoms with Crippen LogP contribution in [-0.2, 0) is 0 Å². The molecule has 0 fully saturated rings. The van der Waals surface area contributed by atoms with Crippen LogP contribution in [0.4, 0.5) is 5.69 Å². The molecule has 166 valence electrons. The standard InChI is InChI=1S/C25H26BrN3O3/c1-6-29-20-8-7-16(9-19(20)15(2)13-25(29,3)4)14-27-28-24(30)22-11-17-10-18(26)12-21(31-5)23(17)32-22/h7-14H,6H2,1-5H3,(H,28,30)/b27-14+. The minimum atomic E-state index is -0.427. The van der Waals surface area contributed by atoms with E-state index < -0.39 is 5.91 Å². The Morgan fingerprint density at radius 1 is 1.28 bits per heavy atom. The highest BCUT2D eigenvalue weighted by molar-refractivity contribution is 9.10. The van der Waals surface area contributed by atoms with Crippen molar-refractivity contribution in [2.45, 2.75) is 33.2 Å². The third-order valence-electron chi connectivity index (χ3n) is 5.69. The van der Waals surface area contributed by atoms with Crippen LogP contribution in [0.1, 0.15) is 49.4 Å². The summed E-state index contributed by atoms with van der Waals surface area (Å²) in [5, 5.41) is 4.90. The van der Waals surface area contributed by atoms with Gasteiger partial charge in [0, 0.05) is 27.7 Å². The summed E-state index contributed by atoms with van der Waals surface area (Å²) in [6.45, 7) is 9.66. The zero-order valence-corrected chi connectivity index (χ0v) is 20.4. The second kappa shape index (κ2) is 8.47. The van der Waals surface area contributed by atoms with Crippen LogP contribution in [0.3, 0.4) is 0 Å². The van der Waals surface area contributed by atoms with E-state index in [1.165, 1.54) is 16.8 Å². The van der Waals surface area contributed by atoms with Gasteiger partial charge in [-0.25, -0.2) is 5.43 Å². The molecule has 3 aromatic rings. The molecule has 1 N–H and O–H groups in total. The lowest BCUT2D eigenvalue weighted by Gasteiger charge is -2.42. The Kier molecular flexibility index (Phi) is 5.86. The third kappa shape index (κ3) is 4.05. The lowest BCUT2D eigenvalue weighted by molar-refractivity contribution is 0.0929. The maximum atomic E-state index is 12.5. The maximum Gasteiger partial charge on any atom is 0.307 e. The molecule has 1 amide bonds. The molecular weight excluding hydrogens is 470 g/mol. The summed E-state index contributed by atoms with van der Waals surface area (Å²) in [5.41, 5.74) is 7.56. The number of hydrogen-bond donors (Lipinski definition) is 1. The number of nitrogens with one attached hydrogen (secondary N) is 1. The second-order valence-corrected chi connectivity index (χ2v) is 9.25.